The fourth-order valence-corrected chi connectivity index (χ4v) is 12.5. The minimum atomic E-state index is -2.67. The summed E-state index contributed by atoms with van der Waals surface area (Å²) < 4.78 is 60.0. The van der Waals surface area contributed by atoms with Crippen molar-refractivity contribution in [1.29, 1.82) is 0 Å². The molecule has 2 aromatic rings. The second kappa shape index (κ2) is 11.3. The summed E-state index contributed by atoms with van der Waals surface area (Å²) in [5.41, 5.74) is -1.31. The van der Waals surface area contributed by atoms with E-state index in [1.54, 1.807) is 0 Å². The van der Waals surface area contributed by atoms with Crippen LogP contribution < -0.4 is 10.4 Å². The van der Waals surface area contributed by atoms with Crippen LogP contribution in [0, 0.1) is 17.8 Å². The molecule has 2 aromatic carbocycles. The molecule has 0 radical (unpaired) electrons. The molecule has 2 fully saturated rings. The Labute approximate surface area is 218 Å². The summed E-state index contributed by atoms with van der Waals surface area (Å²) >= 11 is 0. The topological polar surface area (TPSA) is 9.23 Å². The first-order valence-corrected chi connectivity index (χ1v) is 16.1. The molecule has 37 heavy (non-hydrogen) atoms. The molecule has 1 saturated carbocycles. The Bertz CT molecular complexity index is 1050. The zero-order valence-corrected chi connectivity index (χ0v) is 22.2. The van der Waals surface area contributed by atoms with Crippen LogP contribution in [-0.4, -0.2) is 26.7 Å². The first-order chi connectivity index (χ1) is 17.9. The number of hydrogen-bond acceptors (Lipinski definition) is 1. The third-order valence-corrected chi connectivity index (χ3v) is 14.4. The van der Waals surface area contributed by atoms with Gasteiger partial charge in [-0.1, -0.05) is 83.9 Å². The summed E-state index contributed by atoms with van der Waals surface area (Å²) in [7, 11) is -1.82. The molecule has 5 rings (SSSR count). The van der Waals surface area contributed by atoms with Gasteiger partial charge in [0.05, 0.1) is 5.60 Å². The lowest BCUT2D eigenvalue weighted by Crippen LogP contribution is -2.60. The van der Waals surface area contributed by atoms with Gasteiger partial charge in [0.15, 0.2) is 0 Å². The van der Waals surface area contributed by atoms with Gasteiger partial charge in [0.25, 0.3) is 6.43 Å². The van der Waals surface area contributed by atoms with Gasteiger partial charge in [-0.25, -0.2) is 17.6 Å². The van der Waals surface area contributed by atoms with Gasteiger partial charge >= 0.3 is 0 Å². The van der Waals surface area contributed by atoms with E-state index in [-0.39, 0.29) is 12.3 Å². The molecule has 0 amide bonds. The van der Waals surface area contributed by atoms with Crippen LogP contribution in [0.1, 0.15) is 44.9 Å². The number of alkyl halides is 2. The van der Waals surface area contributed by atoms with Gasteiger partial charge in [-0.05, 0) is 61.6 Å². The third kappa shape index (κ3) is 5.65. The molecule has 0 spiro atoms. The monoisotopic (exact) mass is 528 g/mol. The molecular weight excluding hydrogens is 492 g/mol. The molecule has 1 saturated heterocycles. The molecule has 198 valence electrons. The van der Waals surface area contributed by atoms with Crippen LogP contribution in [0.5, 0.6) is 0 Å². The molecule has 6 heteroatoms. The quantitative estimate of drug-likeness (QED) is 0.266. The van der Waals surface area contributed by atoms with Crippen LogP contribution in [-0.2, 0) is 4.74 Å². The zero-order chi connectivity index (χ0) is 25.9. The lowest BCUT2D eigenvalue weighted by Gasteiger charge is -2.46. The minimum Gasteiger partial charge on any atom is -0.364 e. The Morgan fingerprint density at radius 3 is 1.84 bits per heavy atom. The SMILES string of the molecule is FC1=CC(OCC(F)F)(C2CCC(C3CC[Si](c4ccccc4)(c4ccccc4)CC3)CC2)CC(F)=C1. The Morgan fingerprint density at radius 2 is 1.32 bits per heavy atom. The van der Waals surface area contributed by atoms with Crippen molar-refractivity contribution < 1.29 is 22.3 Å². The van der Waals surface area contributed by atoms with E-state index in [2.05, 4.69) is 60.7 Å². The molecule has 1 atom stereocenters. The molecular formula is C31H36F4OSi. The average Bonchev–Trinajstić information content (AvgIpc) is 2.92. The van der Waals surface area contributed by atoms with Gasteiger partial charge in [0.1, 0.15) is 26.3 Å². The van der Waals surface area contributed by atoms with Crippen molar-refractivity contribution in [1.82, 2.24) is 0 Å². The van der Waals surface area contributed by atoms with Crippen LogP contribution in [0.3, 0.4) is 0 Å². The average molecular weight is 529 g/mol. The molecule has 0 N–H and O–H groups in total. The molecule has 1 aliphatic heterocycles. The fourth-order valence-electron chi connectivity index (χ4n) is 7.42. The predicted octanol–water partition coefficient (Wildman–Crippen LogP) is 7.60. The summed E-state index contributed by atoms with van der Waals surface area (Å²) in [5.74, 6) is -0.303. The minimum absolute atomic E-state index is 0.154. The van der Waals surface area contributed by atoms with E-state index >= 15 is 0 Å². The second-order valence-electron chi connectivity index (χ2n) is 11.2. The van der Waals surface area contributed by atoms with Gasteiger partial charge < -0.3 is 4.74 Å². The third-order valence-electron chi connectivity index (χ3n) is 9.27. The van der Waals surface area contributed by atoms with Gasteiger partial charge in [-0.15, -0.1) is 0 Å². The lowest BCUT2D eigenvalue weighted by atomic mass is 9.67. The van der Waals surface area contributed by atoms with E-state index in [4.69, 9.17) is 4.74 Å². The van der Waals surface area contributed by atoms with Crippen molar-refractivity contribution in [2.24, 2.45) is 17.8 Å². The van der Waals surface area contributed by atoms with E-state index in [0.29, 0.717) is 11.8 Å². The molecule has 0 bridgehead atoms. The van der Waals surface area contributed by atoms with Gasteiger partial charge in [0.2, 0.25) is 0 Å². The number of ether oxygens (including phenoxy) is 1. The Morgan fingerprint density at radius 1 is 0.784 bits per heavy atom. The summed E-state index contributed by atoms with van der Waals surface area (Å²) in [6.45, 7) is -0.800. The highest BCUT2D eigenvalue weighted by Crippen LogP contribution is 2.48. The van der Waals surface area contributed by atoms with Crippen LogP contribution in [0.2, 0.25) is 12.1 Å². The summed E-state index contributed by atoms with van der Waals surface area (Å²) in [5, 5.41) is 3.03. The van der Waals surface area contributed by atoms with Crippen LogP contribution in [0.15, 0.2) is 84.5 Å². The highest BCUT2D eigenvalue weighted by Gasteiger charge is 2.46. The highest BCUT2D eigenvalue weighted by molar-refractivity contribution is 7.02. The van der Waals surface area contributed by atoms with Crippen molar-refractivity contribution >= 4 is 18.4 Å². The molecule has 3 aliphatic rings. The van der Waals surface area contributed by atoms with Crippen molar-refractivity contribution in [3.63, 3.8) is 0 Å². The molecule has 1 heterocycles. The standard InChI is InChI=1S/C31H36F4OSi/c32-26-19-27(33)21-31(20-26,36-22-30(34)35)25-13-11-23(12-14-25)24-15-17-37(18-16-24,28-7-3-1-4-8-28)29-9-5-2-6-10-29/h1-10,19-20,23-25,30H,11-18,21-22H2. The first-order valence-electron chi connectivity index (χ1n) is 13.7. The maximum Gasteiger partial charge on any atom is 0.261 e. The van der Waals surface area contributed by atoms with E-state index < -0.39 is 38.4 Å². The number of benzene rings is 2. The molecule has 2 aliphatic carbocycles. The van der Waals surface area contributed by atoms with Crippen LogP contribution >= 0.6 is 0 Å². The van der Waals surface area contributed by atoms with Crippen LogP contribution in [0.4, 0.5) is 17.6 Å². The summed E-state index contributed by atoms with van der Waals surface area (Å²) in [6, 6.07) is 24.5. The van der Waals surface area contributed by atoms with Crippen molar-refractivity contribution in [2.75, 3.05) is 6.61 Å². The molecule has 0 aromatic heterocycles. The second-order valence-corrected chi connectivity index (χ2v) is 15.5. The van der Waals surface area contributed by atoms with Gasteiger partial charge in [-0.2, -0.15) is 0 Å². The largest absolute Gasteiger partial charge is 0.364 e. The van der Waals surface area contributed by atoms with E-state index in [9.17, 15) is 17.6 Å². The first kappa shape index (κ1) is 26.4. The number of hydrogen-bond donors (Lipinski definition) is 0. The molecule has 1 nitrogen and oxygen atoms in total. The van der Waals surface area contributed by atoms with Gasteiger partial charge in [-0.3, -0.25) is 0 Å². The Balaban J connectivity index is 1.26. The summed E-state index contributed by atoms with van der Waals surface area (Å²) in [4.78, 5) is 0. The Hall–Kier alpha value is -2.18. The maximum atomic E-state index is 14.2. The number of rotatable bonds is 7. The van der Waals surface area contributed by atoms with E-state index in [1.165, 1.54) is 41.4 Å². The van der Waals surface area contributed by atoms with Crippen molar-refractivity contribution in [2.45, 2.75) is 69.1 Å². The number of allylic oxidation sites excluding steroid dienone is 2. The van der Waals surface area contributed by atoms with E-state index in [0.717, 1.165) is 31.8 Å². The van der Waals surface area contributed by atoms with E-state index in [1.807, 2.05) is 0 Å². The fraction of sp³-hybridized carbons (Fsp3) is 0.484. The summed E-state index contributed by atoms with van der Waals surface area (Å²) in [6.07, 6.45) is 5.09. The highest BCUT2D eigenvalue weighted by atomic mass is 28.3. The Kier molecular flexibility index (Phi) is 8.06. The van der Waals surface area contributed by atoms with Crippen molar-refractivity contribution in [3.8, 4) is 0 Å². The normalized spacial score (nSPS) is 28.6. The smallest absolute Gasteiger partial charge is 0.261 e. The van der Waals surface area contributed by atoms with Crippen LogP contribution in [0.25, 0.3) is 0 Å². The molecule has 1 unspecified atom stereocenters. The number of halogens is 4. The van der Waals surface area contributed by atoms with Gasteiger partial charge in [0, 0.05) is 12.5 Å². The lowest BCUT2D eigenvalue weighted by molar-refractivity contribution is -0.105. The zero-order valence-electron chi connectivity index (χ0n) is 21.2. The maximum absolute atomic E-state index is 14.2. The van der Waals surface area contributed by atoms with Crippen molar-refractivity contribution in [3.05, 3.63) is 84.5 Å². The predicted molar refractivity (Wildman–Crippen MR) is 143 cm³/mol.